The number of carbonyl (C=O) groups is 1. The number of nitrogens with zero attached hydrogens (tertiary/aromatic N) is 2. The molecular formula is C18H27N3O3S. The molecule has 1 aliphatic heterocycles. The molecule has 1 aromatic carbocycles. The Balaban J connectivity index is 1.70. The third kappa shape index (κ3) is 3.98. The molecule has 7 heteroatoms. The maximum atomic E-state index is 13.0. The van der Waals surface area contributed by atoms with E-state index in [0.29, 0.717) is 44.0 Å². The Kier molecular flexibility index (Phi) is 5.64. The Hall–Kier alpha value is -1.60. The summed E-state index contributed by atoms with van der Waals surface area (Å²) in [6.07, 6.45) is 4.65. The molecule has 138 valence electrons. The van der Waals surface area contributed by atoms with Crippen molar-refractivity contribution in [3.05, 3.63) is 29.3 Å². The lowest BCUT2D eigenvalue weighted by molar-refractivity contribution is 0.200. The van der Waals surface area contributed by atoms with Crippen LogP contribution in [-0.2, 0) is 22.9 Å². The van der Waals surface area contributed by atoms with Gasteiger partial charge in [0.1, 0.15) is 0 Å². The third-order valence-electron chi connectivity index (χ3n) is 4.98. The van der Waals surface area contributed by atoms with E-state index in [9.17, 15) is 13.2 Å². The number of rotatable bonds is 4. The van der Waals surface area contributed by atoms with Crippen LogP contribution in [-0.4, -0.2) is 56.4 Å². The van der Waals surface area contributed by atoms with Crippen molar-refractivity contribution in [3.63, 3.8) is 0 Å². The molecule has 1 fully saturated rings. The molecule has 2 aliphatic rings. The zero-order valence-corrected chi connectivity index (χ0v) is 15.6. The Labute approximate surface area is 150 Å². The van der Waals surface area contributed by atoms with Crippen molar-refractivity contribution >= 4 is 16.1 Å². The Morgan fingerprint density at radius 2 is 1.88 bits per heavy atom. The first-order valence-electron chi connectivity index (χ1n) is 9.17. The number of amides is 2. The summed E-state index contributed by atoms with van der Waals surface area (Å²) in [6, 6.07) is 5.43. The van der Waals surface area contributed by atoms with Crippen LogP contribution in [0.2, 0.25) is 0 Å². The molecule has 0 saturated carbocycles. The van der Waals surface area contributed by atoms with E-state index >= 15 is 0 Å². The van der Waals surface area contributed by atoms with Crippen LogP contribution in [0.3, 0.4) is 0 Å². The smallest absolute Gasteiger partial charge is 0.317 e. The summed E-state index contributed by atoms with van der Waals surface area (Å²) in [5, 5.41) is 2.86. The zero-order valence-electron chi connectivity index (χ0n) is 14.8. The van der Waals surface area contributed by atoms with E-state index < -0.39 is 10.0 Å². The predicted molar refractivity (Wildman–Crippen MR) is 97.1 cm³/mol. The van der Waals surface area contributed by atoms with Crippen LogP contribution in [0.1, 0.15) is 37.3 Å². The van der Waals surface area contributed by atoms with Gasteiger partial charge >= 0.3 is 6.03 Å². The van der Waals surface area contributed by atoms with E-state index in [1.54, 1.807) is 11.0 Å². The quantitative estimate of drug-likeness (QED) is 0.887. The average molecular weight is 365 g/mol. The largest absolute Gasteiger partial charge is 0.338 e. The highest BCUT2D eigenvalue weighted by molar-refractivity contribution is 7.89. The van der Waals surface area contributed by atoms with Crippen LogP contribution in [0.4, 0.5) is 4.79 Å². The second-order valence-corrected chi connectivity index (χ2v) is 8.70. The van der Waals surface area contributed by atoms with Crippen molar-refractivity contribution in [2.45, 2.75) is 43.9 Å². The second kappa shape index (κ2) is 7.74. The first kappa shape index (κ1) is 18.2. The van der Waals surface area contributed by atoms with E-state index in [2.05, 4.69) is 5.32 Å². The lowest BCUT2D eigenvalue weighted by Gasteiger charge is -2.22. The van der Waals surface area contributed by atoms with Crippen molar-refractivity contribution in [3.8, 4) is 0 Å². The normalized spacial score (nSPS) is 18.7. The fourth-order valence-electron chi connectivity index (χ4n) is 3.54. The third-order valence-corrected chi connectivity index (χ3v) is 6.87. The predicted octanol–water partition coefficient (Wildman–Crippen LogP) is 1.99. The monoisotopic (exact) mass is 365 g/mol. The lowest BCUT2D eigenvalue weighted by Crippen LogP contribution is -2.42. The Morgan fingerprint density at radius 3 is 2.68 bits per heavy atom. The van der Waals surface area contributed by atoms with E-state index in [-0.39, 0.29) is 6.03 Å². The molecule has 2 amide bonds. The van der Waals surface area contributed by atoms with E-state index in [1.807, 2.05) is 19.1 Å². The van der Waals surface area contributed by atoms with Gasteiger partial charge in [-0.05, 0) is 55.4 Å². The van der Waals surface area contributed by atoms with Gasteiger partial charge in [0.05, 0.1) is 4.90 Å². The van der Waals surface area contributed by atoms with Gasteiger partial charge in [-0.15, -0.1) is 0 Å². The summed E-state index contributed by atoms with van der Waals surface area (Å²) in [7, 11) is -3.50. The number of carbonyl (C=O) groups excluding carboxylic acids is 1. The van der Waals surface area contributed by atoms with Crippen molar-refractivity contribution in [1.29, 1.82) is 0 Å². The van der Waals surface area contributed by atoms with Gasteiger partial charge < -0.3 is 10.2 Å². The Bertz CT molecular complexity index is 733. The molecule has 25 heavy (non-hydrogen) atoms. The van der Waals surface area contributed by atoms with E-state index in [0.717, 1.165) is 31.2 Å². The molecule has 3 rings (SSSR count). The van der Waals surface area contributed by atoms with Gasteiger partial charge in [0.15, 0.2) is 0 Å². The number of hydrogen-bond donors (Lipinski definition) is 1. The molecular weight excluding hydrogens is 338 g/mol. The number of aryl methyl sites for hydroxylation is 2. The highest BCUT2D eigenvalue weighted by Gasteiger charge is 2.29. The first-order valence-corrected chi connectivity index (χ1v) is 10.6. The molecule has 1 aliphatic carbocycles. The van der Waals surface area contributed by atoms with Gasteiger partial charge in [-0.1, -0.05) is 13.0 Å². The molecule has 0 bridgehead atoms. The minimum Gasteiger partial charge on any atom is -0.338 e. The second-order valence-electron chi connectivity index (χ2n) is 6.76. The molecule has 6 nitrogen and oxygen atoms in total. The van der Waals surface area contributed by atoms with E-state index in [4.69, 9.17) is 0 Å². The number of nitrogens with one attached hydrogen (secondary N) is 1. The van der Waals surface area contributed by atoms with Gasteiger partial charge in [0, 0.05) is 32.7 Å². The first-order chi connectivity index (χ1) is 12.0. The fourth-order valence-corrected chi connectivity index (χ4v) is 5.06. The summed E-state index contributed by atoms with van der Waals surface area (Å²) >= 11 is 0. The summed E-state index contributed by atoms with van der Waals surface area (Å²) < 4.78 is 27.5. The van der Waals surface area contributed by atoms with E-state index in [1.165, 1.54) is 9.87 Å². The molecule has 0 unspecified atom stereocenters. The Morgan fingerprint density at radius 1 is 1.08 bits per heavy atom. The molecule has 1 N–H and O–H groups in total. The summed E-state index contributed by atoms with van der Waals surface area (Å²) in [4.78, 5) is 14.2. The van der Waals surface area contributed by atoms with Crippen molar-refractivity contribution in [1.82, 2.24) is 14.5 Å². The molecule has 0 atom stereocenters. The van der Waals surface area contributed by atoms with Crippen LogP contribution >= 0.6 is 0 Å². The molecule has 1 aromatic rings. The van der Waals surface area contributed by atoms with Crippen molar-refractivity contribution in [2.75, 3.05) is 32.7 Å². The minimum atomic E-state index is -3.50. The maximum Gasteiger partial charge on any atom is 0.317 e. The van der Waals surface area contributed by atoms with Gasteiger partial charge in [-0.2, -0.15) is 4.31 Å². The highest BCUT2D eigenvalue weighted by atomic mass is 32.2. The topological polar surface area (TPSA) is 69.7 Å². The van der Waals surface area contributed by atoms with Gasteiger partial charge in [0.25, 0.3) is 0 Å². The van der Waals surface area contributed by atoms with Crippen LogP contribution < -0.4 is 5.32 Å². The standard InChI is InChI=1S/C18H27N3O3S/c1-2-9-19-18(22)20-10-4-11-21(13-12-20)25(23,24)17-8-7-15-5-3-6-16(15)14-17/h7-8,14H,2-6,9-13H2,1H3,(H,19,22). The van der Waals surface area contributed by atoms with Gasteiger partial charge in [0.2, 0.25) is 10.0 Å². The fraction of sp³-hybridized carbons (Fsp3) is 0.611. The number of urea groups is 1. The number of sulfonamides is 1. The van der Waals surface area contributed by atoms with Crippen molar-refractivity contribution in [2.24, 2.45) is 0 Å². The number of hydrogen-bond acceptors (Lipinski definition) is 3. The number of benzene rings is 1. The van der Waals surface area contributed by atoms with Gasteiger partial charge in [-0.25, -0.2) is 13.2 Å². The van der Waals surface area contributed by atoms with Gasteiger partial charge in [-0.3, -0.25) is 0 Å². The summed E-state index contributed by atoms with van der Waals surface area (Å²) in [6.45, 7) is 4.47. The lowest BCUT2D eigenvalue weighted by atomic mass is 10.1. The SMILES string of the molecule is CCCNC(=O)N1CCCN(S(=O)(=O)c2ccc3c(c2)CCC3)CC1. The van der Waals surface area contributed by atoms with Crippen molar-refractivity contribution < 1.29 is 13.2 Å². The van der Waals surface area contributed by atoms with Crippen LogP contribution in [0.5, 0.6) is 0 Å². The van der Waals surface area contributed by atoms with Crippen LogP contribution in [0.15, 0.2) is 23.1 Å². The summed E-state index contributed by atoms with van der Waals surface area (Å²) in [5.74, 6) is 0. The van der Waals surface area contributed by atoms with Crippen LogP contribution in [0.25, 0.3) is 0 Å². The molecule has 0 spiro atoms. The maximum absolute atomic E-state index is 13.0. The molecule has 1 saturated heterocycles. The molecule has 0 aromatic heterocycles. The highest BCUT2D eigenvalue weighted by Crippen LogP contribution is 2.26. The summed E-state index contributed by atoms with van der Waals surface area (Å²) in [5.41, 5.74) is 2.44. The number of fused-ring (bicyclic) bond motifs is 1. The molecule has 1 heterocycles. The minimum absolute atomic E-state index is 0.0985. The average Bonchev–Trinajstić information content (AvgIpc) is 2.93. The molecule has 0 radical (unpaired) electrons. The zero-order chi connectivity index (χ0) is 17.9. The van der Waals surface area contributed by atoms with Crippen LogP contribution in [0, 0.1) is 0 Å².